The Morgan fingerprint density at radius 2 is 2.00 bits per heavy atom. The topological polar surface area (TPSA) is 138 Å². The minimum absolute atomic E-state index is 0.0367. The van der Waals surface area contributed by atoms with Crippen LogP contribution in [-0.4, -0.2) is 27.0 Å². The van der Waals surface area contributed by atoms with E-state index in [2.05, 4.69) is 4.98 Å². The number of nitrogen functional groups attached to an aromatic ring is 1. The van der Waals surface area contributed by atoms with Crippen molar-refractivity contribution < 1.29 is 9.21 Å². The normalized spacial score (nSPS) is 10.5. The Bertz CT molecular complexity index is 1160. The number of amides is 1. The second-order valence-electron chi connectivity index (χ2n) is 6.28. The van der Waals surface area contributed by atoms with E-state index < -0.39 is 17.2 Å². The monoisotopic (exact) mass is 425 g/mol. The average Bonchev–Trinajstić information content (AvgIpc) is 3.24. The maximum absolute atomic E-state index is 12.9. The summed E-state index contributed by atoms with van der Waals surface area (Å²) in [4.78, 5) is 41.3. The SMILES string of the molecule is N#CCSCC(=O)N(Cc1ccco1)c1c(N)n(Cc2ccccc2)c(=O)[nH]c1=O. The van der Waals surface area contributed by atoms with Crippen molar-refractivity contribution in [2.45, 2.75) is 13.1 Å². The van der Waals surface area contributed by atoms with Gasteiger partial charge in [0.15, 0.2) is 5.69 Å². The van der Waals surface area contributed by atoms with Gasteiger partial charge in [-0.05, 0) is 17.7 Å². The molecule has 2 heterocycles. The molecule has 3 N–H and O–H groups in total. The third-order valence-corrected chi connectivity index (χ3v) is 5.04. The van der Waals surface area contributed by atoms with Crippen LogP contribution < -0.4 is 21.9 Å². The highest BCUT2D eigenvalue weighted by Gasteiger charge is 2.25. The fourth-order valence-electron chi connectivity index (χ4n) is 2.87. The first-order valence-corrected chi connectivity index (χ1v) is 10.1. The molecular weight excluding hydrogens is 406 g/mol. The first kappa shape index (κ1) is 21.0. The lowest BCUT2D eigenvalue weighted by atomic mass is 10.2. The van der Waals surface area contributed by atoms with E-state index in [0.717, 1.165) is 17.3 Å². The molecule has 10 heteroatoms. The van der Waals surface area contributed by atoms with Crippen molar-refractivity contribution in [3.05, 3.63) is 80.9 Å². The molecule has 2 aromatic heterocycles. The molecular formula is C20H19N5O4S. The summed E-state index contributed by atoms with van der Waals surface area (Å²) in [5.74, 6) is -0.0373. The largest absolute Gasteiger partial charge is 0.467 e. The maximum Gasteiger partial charge on any atom is 0.330 e. The van der Waals surface area contributed by atoms with Crippen molar-refractivity contribution in [2.75, 3.05) is 22.1 Å². The number of hydrogen-bond donors (Lipinski definition) is 2. The van der Waals surface area contributed by atoms with Crippen molar-refractivity contribution in [1.29, 1.82) is 5.26 Å². The Balaban J connectivity index is 2.04. The number of hydrogen-bond acceptors (Lipinski definition) is 7. The van der Waals surface area contributed by atoms with E-state index in [0.29, 0.717) is 5.76 Å². The van der Waals surface area contributed by atoms with Crippen LogP contribution in [0, 0.1) is 11.3 Å². The summed E-state index contributed by atoms with van der Waals surface area (Å²) in [5, 5.41) is 8.71. The Kier molecular flexibility index (Phi) is 6.77. The number of carbonyl (C=O) groups is 1. The molecule has 0 aliphatic carbocycles. The van der Waals surface area contributed by atoms with Gasteiger partial charge < -0.3 is 10.2 Å². The second-order valence-corrected chi connectivity index (χ2v) is 7.26. The van der Waals surface area contributed by atoms with Crippen LogP contribution in [0.25, 0.3) is 0 Å². The molecule has 0 saturated heterocycles. The number of rotatable bonds is 8. The lowest BCUT2D eigenvalue weighted by Crippen LogP contribution is -2.41. The van der Waals surface area contributed by atoms with E-state index in [1.54, 1.807) is 12.1 Å². The van der Waals surface area contributed by atoms with Crippen LogP contribution in [0.4, 0.5) is 11.5 Å². The number of nitrogens with zero attached hydrogens (tertiary/aromatic N) is 3. The molecule has 0 radical (unpaired) electrons. The number of nitrogens with two attached hydrogens (primary N) is 1. The molecule has 3 aromatic rings. The molecule has 30 heavy (non-hydrogen) atoms. The lowest BCUT2D eigenvalue weighted by molar-refractivity contribution is -0.116. The maximum atomic E-state index is 12.9. The number of nitriles is 1. The van der Waals surface area contributed by atoms with Gasteiger partial charge in [0.2, 0.25) is 5.91 Å². The molecule has 0 saturated carbocycles. The van der Waals surface area contributed by atoms with Gasteiger partial charge in [-0.25, -0.2) is 4.79 Å². The highest BCUT2D eigenvalue weighted by atomic mass is 32.2. The zero-order valence-corrected chi connectivity index (χ0v) is 16.7. The molecule has 9 nitrogen and oxygen atoms in total. The van der Waals surface area contributed by atoms with Gasteiger partial charge in [-0.3, -0.25) is 24.0 Å². The van der Waals surface area contributed by atoms with Gasteiger partial charge in [0, 0.05) is 0 Å². The highest BCUT2D eigenvalue weighted by Crippen LogP contribution is 2.21. The quantitative estimate of drug-likeness (QED) is 0.522. The molecule has 154 valence electrons. The smallest absolute Gasteiger partial charge is 0.330 e. The number of aromatic amines is 1. The van der Waals surface area contributed by atoms with Crippen LogP contribution in [-0.2, 0) is 17.9 Å². The molecule has 0 aliphatic heterocycles. The fourth-order valence-corrected chi connectivity index (χ4v) is 3.40. The number of thioether (sulfide) groups is 1. The number of H-pyrrole nitrogens is 1. The standard InChI is InChI=1S/C20H19N5O4S/c21-8-10-30-13-16(26)24(12-15-7-4-9-29-15)17-18(22)25(20(28)23-19(17)27)11-14-5-2-1-3-6-14/h1-7,9H,10-13,22H2,(H,23,27,28). The summed E-state index contributed by atoms with van der Waals surface area (Å²) < 4.78 is 6.52. The third-order valence-electron chi connectivity index (χ3n) is 4.25. The molecule has 0 spiro atoms. The van der Waals surface area contributed by atoms with Crippen LogP contribution in [0.1, 0.15) is 11.3 Å². The number of anilines is 2. The second kappa shape index (κ2) is 9.67. The highest BCUT2D eigenvalue weighted by molar-refractivity contribution is 8.00. The van der Waals surface area contributed by atoms with E-state index >= 15 is 0 Å². The van der Waals surface area contributed by atoms with Crippen LogP contribution in [0.3, 0.4) is 0 Å². The summed E-state index contributed by atoms with van der Waals surface area (Å²) in [5.41, 5.74) is 5.44. The predicted octanol–water partition coefficient (Wildman–Crippen LogP) is 1.55. The molecule has 0 fully saturated rings. The van der Waals surface area contributed by atoms with Crippen molar-refractivity contribution in [3.8, 4) is 6.07 Å². The summed E-state index contributed by atoms with van der Waals surface area (Å²) in [7, 11) is 0. The Hall–Kier alpha value is -3.71. The van der Waals surface area contributed by atoms with Crippen LogP contribution in [0.2, 0.25) is 0 Å². The first-order valence-electron chi connectivity index (χ1n) is 8.95. The van der Waals surface area contributed by atoms with Crippen molar-refractivity contribution in [1.82, 2.24) is 9.55 Å². The molecule has 3 rings (SSSR count). The predicted molar refractivity (Wildman–Crippen MR) is 114 cm³/mol. The lowest BCUT2D eigenvalue weighted by Gasteiger charge is -2.23. The molecule has 0 bridgehead atoms. The summed E-state index contributed by atoms with van der Waals surface area (Å²) in [6.45, 7) is 0.0804. The molecule has 1 amide bonds. The van der Waals surface area contributed by atoms with Crippen molar-refractivity contribution in [3.63, 3.8) is 0 Å². The number of carbonyl (C=O) groups excluding carboxylic acids is 1. The van der Waals surface area contributed by atoms with Gasteiger partial charge in [-0.15, -0.1) is 11.8 Å². The first-order chi connectivity index (χ1) is 14.5. The molecule has 1 aromatic carbocycles. The fraction of sp³-hybridized carbons (Fsp3) is 0.200. The third kappa shape index (κ3) is 4.82. The number of benzene rings is 1. The molecule has 0 unspecified atom stereocenters. The van der Waals surface area contributed by atoms with E-state index in [4.69, 9.17) is 15.4 Å². The zero-order chi connectivity index (χ0) is 21.5. The van der Waals surface area contributed by atoms with E-state index in [1.807, 2.05) is 36.4 Å². The van der Waals surface area contributed by atoms with Gasteiger partial charge in [0.1, 0.15) is 11.6 Å². The van der Waals surface area contributed by atoms with Crippen molar-refractivity contribution >= 4 is 29.2 Å². The van der Waals surface area contributed by atoms with Gasteiger partial charge in [-0.1, -0.05) is 30.3 Å². The number of nitrogens with one attached hydrogen (secondary N) is 1. The van der Waals surface area contributed by atoms with E-state index in [9.17, 15) is 14.4 Å². The minimum Gasteiger partial charge on any atom is -0.467 e. The number of aromatic nitrogens is 2. The Morgan fingerprint density at radius 3 is 2.67 bits per heavy atom. The van der Waals surface area contributed by atoms with Gasteiger partial charge >= 0.3 is 5.69 Å². The average molecular weight is 425 g/mol. The summed E-state index contributed by atoms with van der Waals surface area (Å²) >= 11 is 1.11. The molecule has 0 atom stereocenters. The van der Waals surface area contributed by atoms with Crippen LogP contribution in [0.5, 0.6) is 0 Å². The van der Waals surface area contributed by atoms with Gasteiger partial charge in [0.25, 0.3) is 5.56 Å². The van der Waals surface area contributed by atoms with Crippen molar-refractivity contribution in [2.24, 2.45) is 0 Å². The van der Waals surface area contributed by atoms with Crippen LogP contribution >= 0.6 is 11.8 Å². The minimum atomic E-state index is -0.771. The molecule has 0 aliphatic rings. The van der Waals surface area contributed by atoms with Gasteiger partial charge in [-0.2, -0.15) is 5.26 Å². The summed E-state index contributed by atoms with van der Waals surface area (Å²) in [6.07, 6.45) is 1.45. The Labute approximate surface area is 175 Å². The van der Waals surface area contributed by atoms with Gasteiger partial charge in [0.05, 0.1) is 36.9 Å². The van der Waals surface area contributed by atoms with Crippen LogP contribution in [0.15, 0.2) is 62.7 Å². The summed E-state index contributed by atoms with van der Waals surface area (Å²) in [6, 6.07) is 14.4. The van der Waals surface area contributed by atoms with E-state index in [-0.39, 0.29) is 36.1 Å². The Morgan fingerprint density at radius 1 is 1.23 bits per heavy atom. The zero-order valence-electron chi connectivity index (χ0n) is 15.9. The van der Waals surface area contributed by atoms with E-state index in [1.165, 1.54) is 15.7 Å². The number of furan rings is 1.